The summed E-state index contributed by atoms with van der Waals surface area (Å²) in [6, 6.07) is 4.43. The summed E-state index contributed by atoms with van der Waals surface area (Å²) >= 11 is 3.40. The lowest BCUT2D eigenvalue weighted by molar-refractivity contribution is 0.365. The lowest BCUT2D eigenvalue weighted by Crippen LogP contribution is -2.48. The molecule has 0 saturated carbocycles. The Bertz CT molecular complexity index is 515. The van der Waals surface area contributed by atoms with Crippen LogP contribution in [0.15, 0.2) is 29.0 Å². The van der Waals surface area contributed by atoms with Crippen molar-refractivity contribution in [3.8, 4) is 0 Å². The Hall–Kier alpha value is -1.43. The Kier molecular flexibility index (Phi) is 2.58. The van der Waals surface area contributed by atoms with E-state index >= 15 is 0 Å². The molecule has 0 aromatic carbocycles. The summed E-state index contributed by atoms with van der Waals surface area (Å²) in [5.74, 6) is 0.943. The molecule has 0 bridgehead atoms. The average Bonchev–Trinajstić information content (AvgIpc) is 2.66. The third kappa shape index (κ3) is 2.04. The van der Waals surface area contributed by atoms with E-state index in [1.165, 1.54) is 0 Å². The number of hydrogen-bond acceptors (Lipinski definition) is 4. The molecule has 1 saturated heterocycles. The van der Waals surface area contributed by atoms with E-state index in [0.29, 0.717) is 6.04 Å². The van der Waals surface area contributed by atoms with Crippen molar-refractivity contribution in [1.82, 2.24) is 20.0 Å². The molecule has 2 aromatic rings. The zero-order valence-electron chi connectivity index (χ0n) is 9.41. The van der Waals surface area contributed by atoms with Crippen molar-refractivity contribution in [3.05, 3.63) is 34.7 Å². The Morgan fingerprint density at radius 2 is 2.12 bits per heavy atom. The minimum Gasteiger partial charge on any atom is -0.351 e. The molecular weight excluding hydrogens is 282 g/mol. The number of anilines is 1. The Labute approximate surface area is 108 Å². The van der Waals surface area contributed by atoms with Gasteiger partial charge < -0.3 is 4.90 Å². The molecule has 6 heteroatoms. The molecule has 0 N–H and O–H groups in total. The molecule has 0 radical (unpaired) electrons. The van der Waals surface area contributed by atoms with Crippen molar-refractivity contribution < 1.29 is 0 Å². The van der Waals surface area contributed by atoms with E-state index in [9.17, 15) is 0 Å². The first-order valence-electron chi connectivity index (χ1n) is 5.47. The van der Waals surface area contributed by atoms with E-state index in [2.05, 4.69) is 36.1 Å². The molecule has 1 fully saturated rings. The fourth-order valence-electron chi connectivity index (χ4n) is 1.88. The minimum absolute atomic E-state index is 0.435. The number of nitrogens with zero attached hydrogens (tertiary/aromatic N) is 5. The van der Waals surface area contributed by atoms with Crippen LogP contribution in [0.2, 0.25) is 0 Å². The van der Waals surface area contributed by atoms with Crippen LogP contribution in [0.4, 0.5) is 5.82 Å². The standard InChI is InChI=1S/C11H12BrN5/c1-8-2-3-11(15-14-8)16-6-10(7-16)17-5-9(12)4-13-17/h2-5,10H,6-7H2,1H3. The summed E-state index contributed by atoms with van der Waals surface area (Å²) in [4.78, 5) is 2.20. The topological polar surface area (TPSA) is 46.8 Å². The van der Waals surface area contributed by atoms with E-state index in [4.69, 9.17) is 0 Å². The van der Waals surface area contributed by atoms with Crippen molar-refractivity contribution in [3.63, 3.8) is 0 Å². The van der Waals surface area contributed by atoms with Crippen LogP contribution in [0.1, 0.15) is 11.7 Å². The van der Waals surface area contributed by atoms with E-state index in [0.717, 1.165) is 29.1 Å². The van der Waals surface area contributed by atoms with Crippen molar-refractivity contribution in [1.29, 1.82) is 0 Å². The highest BCUT2D eigenvalue weighted by Crippen LogP contribution is 2.26. The molecule has 2 aromatic heterocycles. The van der Waals surface area contributed by atoms with Crippen LogP contribution in [0.3, 0.4) is 0 Å². The monoisotopic (exact) mass is 293 g/mol. The van der Waals surface area contributed by atoms with Crippen LogP contribution in [0.5, 0.6) is 0 Å². The average molecular weight is 294 g/mol. The highest BCUT2D eigenvalue weighted by Gasteiger charge is 2.29. The minimum atomic E-state index is 0.435. The molecule has 0 spiro atoms. The lowest BCUT2D eigenvalue weighted by atomic mass is 10.1. The first-order valence-corrected chi connectivity index (χ1v) is 6.26. The van der Waals surface area contributed by atoms with Crippen LogP contribution in [0, 0.1) is 6.92 Å². The third-order valence-corrected chi connectivity index (χ3v) is 3.32. The van der Waals surface area contributed by atoms with Crippen LogP contribution in [-0.2, 0) is 0 Å². The predicted molar refractivity (Wildman–Crippen MR) is 67.9 cm³/mol. The number of aryl methyl sites for hydroxylation is 1. The maximum atomic E-state index is 4.29. The van der Waals surface area contributed by atoms with Gasteiger partial charge in [-0.2, -0.15) is 10.2 Å². The second kappa shape index (κ2) is 4.10. The first-order chi connectivity index (χ1) is 8.22. The second-order valence-electron chi connectivity index (χ2n) is 4.23. The van der Waals surface area contributed by atoms with Gasteiger partial charge in [0.15, 0.2) is 5.82 Å². The molecule has 3 heterocycles. The zero-order chi connectivity index (χ0) is 11.8. The van der Waals surface area contributed by atoms with E-state index in [-0.39, 0.29) is 0 Å². The zero-order valence-corrected chi connectivity index (χ0v) is 11.0. The SMILES string of the molecule is Cc1ccc(N2CC(n3cc(Br)cn3)C2)nn1. The molecule has 17 heavy (non-hydrogen) atoms. The first kappa shape index (κ1) is 10.7. The molecule has 1 aliphatic heterocycles. The predicted octanol–water partition coefficient (Wildman–Crippen LogP) is 1.81. The van der Waals surface area contributed by atoms with Gasteiger partial charge in [-0.1, -0.05) is 0 Å². The van der Waals surface area contributed by atoms with Crippen molar-refractivity contribution in [2.75, 3.05) is 18.0 Å². The smallest absolute Gasteiger partial charge is 0.151 e. The number of halogens is 1. The second-order valence-corrected chi connectivity index (χ2v) is 5.15. The fraction of sp³-hybridized carbons (Fsp3) is 0.364. The molecule has 0 amide bonds. The summed E-state index contributed by atoms with van der Waals surface area (Å²) in [7, 11) is 0. The van der Waals surface area contributed by atoms with Gasteiger partial charge in [-0.25, -0.2) is 0 Å². The van der Waals surface area contributed by atoms with Crippen molar-refractivity contribution in [2.45, 2.75) is 13.0 Å². The van der Waals surface area contributed by atoms with Gasteiger partial charge >= 0.3 is 0 Å². The normalized spacial score (nSPS) is 16.0. The summed E-state index contributed by atoms with van der Waals surface area (Å²) in [5, 5.41) is 12.5. The molecule has 0 unspecified atom stereocenters. The van der Waals surface area contributed by atoms with Gasteiger partial charge in [0, 0.05) is 19.3 Å². The Morgan fingerprint density at radius 3 is 2.71 bits per heavy atom. The molecule has 0 aliphatic carbocycles. The third-order valence-electron chi connectivity index (χ3n) is 2.91. The number of aromatic nitrogens is 4. The molecular formula is C11H12BrN5. The van der Waals surface area contributed by atoms with Crippen molar-refractivity contribution in [2.24, 2.45) is 0 Å². The highest BCUT2D eigenvalue weighted by atomic mass is 79.9. The molecule has 3 rings (SSSR count). The van der Waals surface area contributed by atoms with Crippen LogP contribution < -0.4 is 4.90 Å². The number of rotatable bonds is 2. The largest absolute Gasteiger partial charge is 0.351 e. The van der Waals surface area contributed by atoms with Gasteiger partial charge in [-0.15, -0.1) is 5.10 Å². The van der Waals surface area contributed by atoms with Crippen molar-refractivity contribution >= 4 is 21.7 Å². The van der Waals surface area contributed by atoms with Crippen LogP contribution >= 0.6 is 15.9 Å². The fourth-order valence-corrected chi connectivity index (χ4v) is 2.19. The van der Waals surface area contributed by atoms with E-state index < -0.39 is 0 Å². The lowest BCUT2D eigenvalue weighted by Gasteiger charge is -2.39. The van der Waals surface area contributed by atoms with Gasteiger partial charge in [0.1, 0.15) is 0 Å². The highest BCUT2D eigenvalue weighted by molar-refractivity contribution is 9.10. The molecule has 5 nitrogen and oxygen atoms in total. The van der Waals surface area contributed by atoms with Crippen LogP contribution in [0.25, 0.3) is 0 Å². The molecule has 0 atom stereocenters. The maximum Gasteiger partial charge on any atom is 0.151 e. The quantitative estimate of drug-likeness (QED) is 0.847. The Balaban J connectivity index is 1.66. The van der Waals surface area contributed by atoms with E-state index in [1.54, 1.807) is 0 Å². The number of hydrogen-bond donors (Lipinski definition) is 0. The van der Waals surface area contributed by atoms with E-state index in [1.807, 2.05) is 36.1 Å². The maximum absolute atomic E-state index is 4.29. The Morgan fingerprint density at radius 1 is 1.29 bits per heavy atom. The van der Waals surface area contributed by atoms with Gasteiger partial charge in [0.25, 0.3) is 0 Å². The van der Waals surface area contributed by atoms with Gasteiger partial charge in [-0.05, 0) is 35.0 Å². The van der Waals surface area contributed by atoms with Gasteiger partial charge in [-0.3, -0.25) is 4.68 Å². The van der Waals surface area contributed by atoms with Gasteiger partial charge in [0.2, 0.25) is 0 Å². The molecule has 88 valence electrons. The van der Waals surface area contributed by atoms with Gasteiger partial charge in [0.05, 0.1) is 22.4 Å². The summed E-state index contributed by atoms with van der Waals surface area (Å²) in [5.41, 5.74) is 0.946. The molecule has 1 aliphatic rings. The van der Waals surface area contributed by atoms with Crippen LogP contribution in [-0.4, -0.2) is 33.1 Å². The summed E-state index contributed by atoms with van der Waals surface area (Å²) in [6.45, 7) is 3.81. The summed E-state index contributed by atoms with van der Waals surface area (Å²) in [6.07, 6.45) is 3.82. The summed E-state index contributed by atoms with van der Waals surface area (Å²) < 4.78 is 3.01.